The van der Waals surface area contributed by atoms with E-state index in [1.165, 1.54) is 24.3 Å². The lowest BCUT2D eigenvalue weighted by molar-refractivity contribution is 0.0635. The fraction of sp³-hybridized carbons (Fsp3) is 0.222. The molecule has 0 fully saturated rings. The summed E-state index contributed by atoms with van der Waals surface area (Å²) in [6.07, 6.45) is -0.641. The lowest BCUT2D eigenvalue weighted by Crippen LogP contribution is -2.27. The van der Waals surface area contributed by atoms with Crippen LogP contribution in [0.2, 0.25) is 0 Å². The van der Waals surface area contributed by atoms with Crippen LogP contribution in [0.3, 0.4) is 0 Å². The molecule has 2 amide bonds. The fourth-order valence-corrected chi connectivity index (χ4v) is 1.96. The monoisotopic (exact) mass is 366 g/mol. The molecule has 0 aliphatic rings. The highest BCUT2D eigenvalue weighted by Gasteiger charge is 2.19. The van der Waals surface area contributed by atoms with Crippen LogP contribution in [0.25, 0.3) is 0 Å². The maximum absolute atomic E-state index is 13.6. The van der Waals surface area contributed by atoms with Crippen molar-refractivity contribution in [1.82, 2.24) is 0 Å². The average Bonchev–Trinajstić information content (AvgIpc) is 2.52. The zero-order valence-corrected chi connectivity index (χ0v) is 14.3. The van der Waals surface area contributed by atoms with Crippen molar-refractivity contribution >= 4 is 23.4 Å². The standard InChI is InChI=1S/C18H17F3N2O3/c1-18(2,3)26-17(25)23-11-6-4-10(5-7-11)22-16(24)12-8-9-13(19)15(21)14(12)20/h4-9H,1-3H3,(H,22,24)(H,23,25). The molecule has 2 aromatic carbocycles. The number of benzene rings is 2. The molecule has 0 saturated carbocycles. The van der Waals surface area contributed by atoms with Gasteiger partial charge in [-0.15, -0.1) is 0 Å². The highest BCUT2D eigenvalue weighted by molar-refractivity contribution is 6.04. The second-order valence-corrected chi connectivity index (χ2v) is 6.38. The molecule has 2 N–H and O–H groups in total. The van der Waals surface area contributed by atoms with Gasteiger partial charge in [0.15, 0.2) is 17.5 Å². The number of rotatable bonds is 3. The highest BCUT2D eigenvalue weighted by atomic mass is 19.2. The van der Waals surface area contributed by atoms with E-state index in [0.29, 0.717) is 11.8 Å². The number of halogens is 3. The van der Waals surface area contributed by atoms with Crippen molar-refractivity contribution in [1.29, 1.82) is 0 Å². The number of carbonyl (C=O) groups is 2. The van der Waals surface area contributed by atoms with E-state index in [2.05, 4.69) is 10.6 Å². The van der Waals surface area contributed by atoms with Gasteiger partial charge in [0.05, 0.1) is 5.56 Å². The van der Waals surface area contributed by atoms with Crippen molar-refractivity contribution in [2.24, 2.45) is 0 Å². The molecule has 26 heavy (non-hydrogen) atoms. The van der Waals surface area contributed by atoms with Crippen LogP contribution in [-0.4, -0.2) is 17.6 Å². The number of anilines is 2. The smallest absolute Gasteiger partial charge is 0.412 e. The first kappa shape index (κ1) is 19.3. The molecule has 138 valence electrons. The molecule has 0 saturated heterocycles. The summed E-state index contributed by atoms with van der Waals surface area (Å²) >= 11 is 0. The summed E-state index contributed by atoms with van der Waals surface area (Å²) in [6, 6.07) is 7.38. The number of nitrogens with one attached hydrogen (secondary N) is 2. The van der Waals surface area contributed by atoms with E-state index in [9.17, 15) is 22.8 Å². The molecule has 0 bridgehead atoms. The number of amides is 2. The van der Waals surface area contributed by atoms with Crippen molar-refractivity contribution in [2.45, 2.75) is 26.4 Å². The topological polar surface area (TPSA) is 67.4 Å². The van der Waals surface area contributed by atoms with Crippen molar-refractivity contribution in [3.8, 4) is 0 Å². The summed E-state index contributed by atoms with van der Waals surface area (Å²) in [7, 11) is 0. The number of hydrogen-bond acceptors (Lipinski definition) is 3. The predicted octanol–water partition coefficient (Wildman–Crippen LogP) is 4.70. The molecule has 2 aromatic rings. The molecule has 8 heteroatoms. The minimum absolute atomic E-state index is 0.272. The van der Waals surface area contributed by atoms with Crippen LogP contribution in [0.1, 0.15) is 31.1 Å². The molecular weight excluding hydrogens is 349 g/mol. The molecule has 2 rings (SSSR count). The Morgan fingerprint density at radius 2 is 1.38 bits per heavy atom. The molecule has 0 radical (unpaired) electrons. The zero-order valence-electron chi connectivity index (χ0n) is 14.3. The molecular formula is C18H17F3N2O3. The van der Waals surface area contributed by atoms with E-state index in [4.69, 9.17) is 4.74 Å². The number of hydrogen-bond donors (Lipinski definition) is 2. The first-order chi connectivity index (χ1) is 12.1. The van der Waals surface area contributed by atoms with E-state index in [1.54, 1.807) is 20.8 Å². The first-order valence-corrected chi connectivity index (χ1v) is 7.62. The van der Waals surface area contributed by atoms with Gasteiger partial charge in [0.2, 0.25) is 0 Å². The van der Waals surface area contributed by atoms with Crippen LogP contribution in [0.15, 0.2) is 36.4 Å². The van der Waals surface area contributed by atoms with Gasteiger partial charge in [-0.1, -0.05) is 0 Å². The van der Waals surface area contributed by atoms with Crippen molar-refractivity contribution in [2.75, 3.05) is 10.6 Å². The maximum Gasteiger partial charge on any atom is 0.412 e. The Kier molecular flexibility index (Phi) is 5.54. The van der Waals surface area contributed by atoms with Crippen LogP contribution in [0.5, 0.6) is 0 Å². The maximum atomic E-state index is 13.6. The Balaban J connectivity index is 2.04. The Hall–Kier alpha value is -3.03. The van der Waals surface area contributed by atoms with E-state index in [-0.39, 0.29) is 5.69 Å². The van der Waals surface area contributed by atoms with Gasteiger partial charge in [0.1, 0.15) is 5.60 Å². The highest BCUT2D eigenvalue weighted by Crippen LogP contribution is 2.19. The Morgan fingerprint density at radius 3 is 1.92 bits per heavy atom. The molecule has 5 nitrogen and oxygen atoms in total. The van der Waals surface area contributed by atoms with Gasteiger partial charge in [-0.3, -0.25) is 10.1 Å². The van der Waals surface area contributed by atoms with Gasteiger partial charge in [0, 0.05) is 11.4 Å². The molecule has 0 aliphatic heterocycles. The van der Waals surface area contributed by atoms with Crippen LogP contribution in [0.4, 0.5) is 29.3 Å². The second-order valence-electron chi connectivity index (χ2n) is 6.38. The van der Waals surface area contributed by atoms with Gasteiger partial charge in [-0.05, 0) is 57.2 Å². The van der Waals surface area contributed by atoms with Gasteiger partial charge < -0.3 is 10.1 Å². The minimum atomic E-state index is -1.71. The molecule has 0 aliphatic carbocycles. The van der Waals surface area contributed by atoms with E-state index in [0.717, 1.165) is 6.07 Å². The zero-order chi connectivity index (χ0) is 19.5. The van der Waals surface area contributed by atoms with Crippen LogP contribution < -0.4 is 10.6 Å². The summed E-state index contributed by atoms with van der Waals surface area (Å²) in [4.78, 5) is 23.6. The third-order valence-corrected chi connectivity index (χ3v) is 3.07. The summed E-state index contributed by atoms with van der Waals surface area (Å²) in [5, 5.41) is 4.86. The van der Waals surface area contributed by atoms with Crippen LogP contribution in [0, 0.1) is 17.5 Å². The van der Waals surface area contributed by atoms with Gasteiger partial charge in [-0.2, -0.15) is 0 Å². The lowest BCUT2D eigenvalue weighted by atomic mass is 10.1. The summed E-state index contributed by atoms with van der Waals surface area (Å²) in [6.45, 7) is 5.17. The molecule has 0 spiro atoms. The van der Waals surface area contributed by atoms with E-state index < -0.39 is 40.6 Å². The van der Waals surface area contributed by atoms with Gasteiger partial charge in [0.25, 0.3) is 5.91 Å². The number of ether oxygens (including phenoxy) is 1. The quantitative estimate of drug-likeness (QED) is 0.774. The normalized spacial score (nSPS) is 11.0. The first-order valence-electron chi connectivity index (χ1n) is 7.62. The van der Waals surface area contributed by atoms with Gasteiger partial charge in [-0.25, -0.2) is 18.0 Å². The van der Waals surface area contributed by atoms with E-state index >= 15 is 0 Å². The van der Waals surface area contributed by atoms with E-state index in [1.807, 2.05) is 0 Å². The second kappa shape index (κ2) is 7.47. The molecule has 0 aromatic heterocycles. The fourth-order valence-electron chi connectivity index (χ4n) is 1.96. The third-order valence-electron chi connectivity index (χ3n) is 3.07. The van der Waals surface area contributed by atoms with Crippen LogP contribution in [-0.2, 0) is 4.74 Å². The van der Waals surface area contributed by atoms with Crippen LogP contribution >= 0.6 is 0 Å². The average molecular weight is 366 g/mol. The van der Waals surface area contributed by atoms with Crippen molar-refractivity contribution in [3.05, 3.63) is 59.4 Å². The minimum Gasteiger partial charge on any atom is -0.444 e. The van der Waals surface area contributed by atoms with Crippen molar-refractivity contribution in [3.63, 3.8) is 0 Å². The lowest BCUT2D eigenvalue weighted by Gasteiger charge is -2.19. The molecule has 0 heterocycles. The summed E-state index contributed by atoms with van der Waals surface area (Å²) in [5.74, 6) is -5.59. The Bertz CT molecular complexity index is 831. The largest absolute Gasteiger partial charge is 0.444 e. The summed E-state index contributed by atoms with van der Waals surface area (Å²) in [5.41, 5.74) is -0.586. The SMILES string of the molecule is CC(C)(C)OC(=O)Nc1ccc(NC(=O)c2ccc(F)c(F)c2F)cc1. The number of carbonyl (C=O) groups excluding carboxylic acids is 2. The molecule has 0 atom stereocenters. The Labute approximate surface area is 148 Å². The van der Waals surface area contributed by atoms with Crippen molar-refractivity contribution < 1.29 is 27.5 Å². The van der Waals surface area contributed by atoms with Gasteiger partial charge >= 0.3 is 6.09 Å². The Morgan fingerprint density at radius 1 is 0.846 bits per heavy atom. The molecule has 0 unspecified atom stereocenters. The predicted molar refractivity (Wildman–Crippen MR) is 90.6 cm³/mol. The third kappa shape index (κ3) is 4.98. The summed E-state index contributed by atoms with van der Waals surface area (Å²) < 4.78 is 44.8.